The second-order valence-corrected chi connectivity index (χ2v) is 8.95. The van der Waals surface area contributed by atoms with Crippen LogP contribution >= 0.6 is 0 Å². The molecule has 0 aliphatic heterocycles. The first-order valence-electron chi connectivity index (χ1n) is 8.52. The van der Waals surface area contributed by atoms with Crippen molar-refractivity contribution in [1.29, 1.82) is 0 Å². The summed E-state index contributed by atoms with van der Waals surface area (Å²) < 4.78 is 37.6. The number of benzene rings is 1. The molecule has 2 atom stereocenters. The summed E-state index contributed by atoms with van der Waals surface area (Å²) in [5.74, 6) is -1.49. The van der Waals surface area contributed by atoms with E-state index in [1.807, 2.05) is 30.3 Å². The maximum Gasteiger partial charge on any atom is 0.324 e. The highest BCUT2D eigenvalue weighted by Crippen LogP contribution is 2.14. The molecule has 148 valence electrons. The average Bonchev–Trinajstić information content (AvgIpc) is 2.51. The third kappa shape index (κ3) is 9.28. The van der Waals surface area contributed by atoms with Gasteiger partial charge in [-0.3, -0.25) is 4.79 Å². The molecule has 0 aliphatic carbocycles. The van der Waals surface area contributed by atoms with Crippen LogP contribution in [0.5, 0.6) is 0 Å². The highest BCUT2D eigenvalue weighted by Gasteiger charge is 2.32. The maximum atomic E-state index is 12.2. The molecule has 0 radical (unpaired) electrons. The van der Waals surface area contributed by atoms with E-state index < -0.39 is 33.7 Å². The average molecular weight is 387 g/mol. The molecule has 26 heavy (non-hydrogen) atoms. The van der Waals surface area contributed by atoms with Crippen molar-refractivity contribution in [3.8, 4) is 0 Å². The number of carbonyl (C=O) groups is 1. The number of aliphatic carboxylic acids is 1. The van der Waals surface area contributed by atoms with Crippen LogP contribution in [-0.4, -0.2) is 49.6 Å². The molecule has 1 aromatic carbocycles. The molecule has 1 rings (SSSR count). The Labute approximate surface area is 155 Å². The molecule has 0 heterocycles. The van der Waals surface area contributed by atoms with E-state index in [0.717, 1.165) is 5.56 Å². The van der Waals surface area contributed by atoms with Gasteiger partial charge in [0.2, 0.25) is 10.0 Å². The molecule has 0 saturated heterocycles. The number of sulfonamides is 1. The van der Waals surface area contributed by atoms with E-state index in [1.165, 1.54) is 6.92 Å². The third-order valence-electron chi connectivity index (χ3n) is 3.39. The smallest absolute Gasteiger partial charge is 0.324 e. The molecular formula is C18H29NO6S. The van der Waals surface area contributed by atoms with Gasteiger partial charge in [0.15, 0.2) is 0 Å². The van der Waals surface area contributed by atoms with Crippen LogP contribution in [0.1, 0.15) is 39.7 Å². The van der Waals surface area contributed by atoms with Crippen LogP contribution in [0.25, 0.3) is 0 Å². The van der Waals surface area contributed by atoms with Crippen molar-refractivity contribution >= 4 is 16.0 Å². The normalized spacial score (nSPS) is 14.8. The fourth-order valence-corrected chi connectivity index (χ4v) is 3.64. The summed E-state index contributed by atoms with van der Waals surface area (Å²) >= 11 is 0. The first-order valence-corrected chi connectivity index (χ1v) is 10.2. The number of nitrogens with one attached hydrogen (secondary N) is 1. The molecule has 1 aromatic rings. The fourth-order valence-electron chi connectivity index (χ4n) is 2.34. The van der Waals surface area contributed by atoms with Crippen molar-refractivity contribution in [2.24, 2.45) is 0 Å². The lowest BCUT2D eigenvalue weighted by Crippen LogP contribution is -2.50. The van der Waals surface area contributed by atoms with Crippen LogP contribution in [0, 0.1) is 0 Å². The molecule has 7 nitrogen and oxygen atoms in total. The zero-order valence-electron chi connectivity index (χ0n) is 15.8. The van der Waals surface area contributed by atoms with Crippen molar-refractivity contribution in [2.75, 3.05) is 12.4 Å². The van der Waals surface area contributed by atoms with Crippen LogP contribution in [0.4, 0.5) is 0 Å². The molecule has 0 aromatic heterocycles. The zero-order chi connectivity index (χ0) is 19.8. The summed E-state index contributed by atoms with van der Waals surface area (Å²) in [6.07, 6.45) is -0.542. The Balaban J connectivity index is 2.45. The molecule has 8 heteroatoms. The SMILES string of the molecule is C[C@@H](OC(C)(C)C)[C@H](NS(=O)(=O)CCCOCc1ccccc1)C(=O)O. The topological polar surface area (TPSA) is 102 Å². The van der Waals surface area contributed by atoms with Gasteiger partial charge in [-0.25, -0.2) is 8.42 Å². The van der Waals surface area contributed by atoms with E-state index in [2.05, 4.69) is 4.72 Å². The second kappa shape index (κ2) is 10.0. The Morgan fingerprint density at radius 1 is 1.23 bits per heavy atom. The molecule has 2 N–H and O–H groups in total. The number of carboxylic acids is 1. The third-order valence-corrected chi connectivity index (χ3v) is 4.83. The number of carboxylic acid groups (broad SMARTS) is 1. The van der Waals surface area contributed by atoms with E-state index in [0.29, 0.717) is 6.61 Å². The Bertz CT molecular complexity index is 654. The number of hydrogen-bond donors (Lipinski definition) is 2. The van der Waals surface area contributed by atoms with Crippen molar-refractivity contribution in [3.63, 3.8) is 0 Å². The summed E-state index contributed by atoms with van der Waals surface area (Å²) in [5, 5.41) is 9.31. The zero-order valence-corrected chi connectivity index (χ0v) is 16.6. The molecule has 0 fully saturated rings. The van der Waals surface area contributed by atoms with E-state index >= 15 is 0 Å². The van der Waals surface area contributed by atoms with Crippen LogP contribution in [0.3, 0.4) is 0 Å². The molecule has 0 amide bonds. The van der Waals surface area contributed by atoms with Crippen molar-refractivity contribution in [1.82, 2.24) is 4.72 Å². The molecule has 0 bridgehead atoms. The minimum Gasteiger partial charge on any atom is -0.480 e. The highest BCUT2D eigenvalue weighted by atomic mass is 32.2. The lowest BCUT2D eigenvalue weighted by molar-refractivity contribution is -0.146. The quantitative estimate of drug-likeness (QED) is 0.564. The van der Waals surface area contributed by atoms with Gasteiger partial charge in [-0.05, 0) is 39.7 Å². The van der Waals surface area contributed by atoms with Gasteiger partial charge < -0.3 is 14.6 Å². The van der Waals surface area contributed by atoms with E-state index in [1.54, 1.807) is 20.8 Å². The minimum absolute atomic E-state index is 0.214. The predicted molar refractivity (Wildman–Crippen MR) is 99.4 cm³/mol. The van der Waals surface area contributed by atoms with Gasteiger partial charge in [0.1, 0.15) is 6.04 Å². The second-order valence-electron chi connectivity index (χ2n) is 7.08. The Morgan fingerprint density at radius 3 is 2.38 bits per heavy atom. The monoisotopic (exact) mass is 387 g/mol. The Morgan fingerprint density at radius 2 is 1.85 bits per heavy atom. The lowest BCUT2D eigenvalue weighted by atomic mass is 10.1. The first kappa shape index (κ1) is 22.6. The summed E-state index contributed by atoms with van der Waals surface area (Å²) in [4.78, 5) is 11.4. The maximum absolute atomic E-state index is 12.2. The van der Waals surface area contributed by atoms with Crippen molar-refractivity contribution in [3.05, 3.63) is 35.9 Å². The number of ether oxygens (including phenoxy) is 2. The predicted octanol–water partition coefficient (Wildman–Crippen LogP) is 2.17. The van der Waals surface area contributed by atoms with Crippen LogP contribution < -0.4 is 4.72 Å². The lowest BCUT2D eigenvalue weighted by Gasteiger charge is -2.29. The summed E-state index contributed by atoms with van der Waals surface area (Å²) in [6, 6.07) is 8.22. The van der Waals surface area contributed by atoms with Gasteiger partial charge in [0.05, 0.1) is 24.1 Å². The summed E-state index contributed by atoms with van der Waals surface area (Å²) in [6.45, 7) is 7.54. The Hall–Kier alpha value is -1.48. The number of rotatable bonds is 11. The van der Waals surface area contributed by atoms with Crippen molar-refractivity contribution in [2.45, 2.75) is 58.5 Å². The van der Waals surface area contributed by atoms with Crippen LogP contribution in [-0.2, 0) is 30.9 Å². The highest BCUT2D eigenvalue weighted by molar-refractivity contribution is 7.89. The van der Waals surface area contributed by atoms with Crippen molar-refractivity contribution < 1.29 is 27.8 Å². The van der Waals surface area contributed by atoms with E-state index in [-0.39, 0.29) is 18.8 Å². The molecule has 0 unspecified atom stereocenters. The minimum atomic E-state index is -3.76. The van der Waals surface area contributed by atoms with Gasteiger partial charge >= 0.3 is 5.97 Å². The largest absolute Gasteiger partial charge is 0.480 e. The van der Waals surface area contributed by atoms with Gasteiger partial charge in [-0.1, -0.05) is 30.3 Å². The molecule has 0 spiro atoms. The van der Waals surface area contributed by atoms with Gasteiger partial charge in [0, 0.05) is 6.61 Å². The van der Waals surface area contributed by atoms with E-state index in [4.69, 9.17) is 9.47 Å². The molecule has 0 aliphatic rings. The van der Waals surface area contributed by atoms with E-state index in [9.17, 15) is 18.3 Å². The Kier molecular flexibility index (Phi) is 8.69. The molecular weight excluding hydrogens is 358 g/mol. The van der Waals surface area contributed by atoms with Crippen LogP contribution in [0.15, 0.2) is 30.3 Å². The van der Waals surface area contributed by atoms with Crippen LogP contribution in [0.2, 0.25) is 0 Å². The van der Waals surface area contributed by atoms with Gasteiger partial charge in [-0.15, -0.1) is 0 Å². The van der Waals surface area contributed by atoms with Gasteiger partial charge in [-0.2, -0.15) is 4.72 Å². The summed E-state index contributed by atoms with van der Waals surface area (Å²) in [7, 11) is -3.76. The first-order chi connectivity index (χ1) is 12.0. The van der Waals surface area contributed by atoms with Gasteiger partial charge in [0.25, 0.3) is 0 Å². The summed E-state index contributed by atoms with van der Waals surface area (Å²) in [5.41, 5.74) is 0.427. The number of hydrogen-bond acceptors (Lipinski definition) is 5. The molecule has 0 saturated carbocycles. The fraction of sp³-hybridized carbons (Fsp3) is 0.611. The standard InChI is InChI=1S/C18H29NO6S/c1-14(25-18(2,3)4)16(17(20)21)19-26(22,23)12-8-11-24-13-15-9-6-5-7-10-15/h5-7,9-10,14,16,19H,8,11-13H2,1-4H3,(H,20,21)/t14-,16+/m1/s1.